The summed E-state index contributed by atoms with van der Waals surface area (Å²) in [4.78, 5) is 2.56. The van der Waals surface area contributed by atoms with Crippen LogP contribution in [0.4, 0.5) is 0 Å². The Morgan fingerprint density at radius 1 is 1.27 bits per heavy atom. The molecule has 1 heterocycles. The predicted molar refractivity (Wildman–Crippen MR) is 89.4 cm³/mol. The van der Waals surface area contributed by atoms with Crippen LogP contribution in [0.25, 0.3) is 0 Å². The van der Waals surface area contributed by atoms with E-state index < -0.39 is 0 Å². The zero-order valence-electron chi connectivity index (χ0n) is 13.7. The fourth-order valence-corrected chi connectivity index (χ4v) is 3.49. The van der Waals surface area contributed by atoms with Crippen LogP contribution in [0.2, 0.25) is 0 Å². The topological polar surface area (TPSA) is 29.1 Å². The van der Waals surface area contributed by atoms with E-state index in [0.717, 1.165) is 38.4 Å². The van der Waals surface area contributed by atoms with Crippen LogP contribution in [0, 0.1) is 5.92 Å². The van der Waals surface area contributed by atoms with Gasteiger partial charge in [0.2, 0.25) is 0 Å². The second-order valence-electron chi connectivity index (χ2n) is 6.45. The van der Waals surface area contributed by atoms with Crippen LogP contribution in [-0.4, -0.2) is 38.2 Å². The first kappa shape index (κ1) is 15.3. The van der Waals surface area contributed by atoms with E-state index in [1.807, 2.05) is 0 Å². The van der Waals surface area contributed by atoms with Gasteiger partial charge in [-0.1, -0.05) is 43.3 Å². The van der Waals surface area contributed by atoms with Crippen LogP contribution in [0.5, 0.6) is 0 Å². The largest absolute Gasteiger partial charge is 0.497 e. The molecular weight excluding hydrogens is 272 g/mol. The minimum absolute atomic E-state index is 0.548. The summed E-state index contributed by atoms with van der Waals surface area (Å²) in [6.07, 6.45) is 5.71. The number of hydrogen-bond donors (Lipinski definition) is 1. The van der Waals surface area contributed by atoms with Gasteiger partial charge in [0.1, 0.15) is 11.8 Å². The monoisotopic (exact) mass is 299 g/mol. The molecule has 0 spiro atoms. The van der Waals surface area contributed by atoms with Crippen LogP contribution in [0.1, 0.15) is 24.9 Å². The van der Waals surface area contributed by atoms with E-state index in [1.165, 1.54) is 11.1 Å². The summed E-state index contributed by atoms with van der Waals surface area (Å²) in [6.45, 7) is 6.69. The molecule has 2 N–H and O–H groups in total. The molecule has 118 valence electrons. The second kappa shape index (κ2) is 7.12. The number of nitrogens with two attached hydrogens (primary N) is 1. The molecule has 22 heavy (non-hydrogen) atoms. The molecule has 0 aromatic heterocycles. The minimum atomic E-state index is 0.548. The average molecular weight is 299 g/mol. The zero-order chi connectivity index (χ0) is 15.4. The van der Waals surface area contributed by atoms with E-state index in [4.69, 9.17) is 4.74 Å². The highest BCUT2D eigenvalue weighted by Crippen LogP contribution is 2.24. The molecule has 3 heteroatoms. The molecule has 3 nitrogen and oxygen atoms in total. The third kappa shape index (κ3) is 3.60. The average Bonchev–Trinajstić information content (AvgIpc) is 2.56. The van der Waals surface area contributed by atoms with Gasteiger partial charge >= 0.3 is 0 Å². The summed E-state index contributed by atoms with van der Waals surface area (Å²) in [6, 6.07) is 11.4. The van der Waals surface area contributed by atoms with E-state index in [-0.39, 0.29) is 0 Å². The Hall–Kier alpha value is -1.58. The molecule has 0 bridgehead atoms. The third-order valence-electron chi connectivity index (χ3n) is 4.67. The van der Waals surface area contributed by atoms with Crippen LogP contribution >= 0.6 is 0 Å². The standard InChI is InChI=1S/C19H26N2O/c1-15-8-9-19(22-2)17(12-15)13-21-11-10-20-18(14-21)16-6-4-3-5-7-16/h3-7,9,12,15,18,20H,8,10-11,13-14H2,1-2H3/p+1. The number of allylic oxidation sites excluding steroid dienone is 2. The van der Waals surface area contributed by atoms with Crippen molar-refractivity contribution >= 4 is 0 Å². The summed E-state index contributed by atoms with van der Waals surface area (Å²) in [7, 11) is 1.78. The number of benzene rings is 1. The van der Waals surface area contributed by atoms with Crippen molar-refractivity contribution in [2.75, 3.05) is 33.3 Å². The normalized spacial score (nSPS) is 26.3. The van der Waals surface area contributed by atoms with Crippen LogP contribution in [0.3, 0.4) is 0 Å². The summed E-state index contributed by atoms with van der Waals surface area (Å²) in [5, 5.41) is 2.47. The number of quaternary nitrogens is 1. The van der Waals surface area contributed by atoms with Crippen LogP contribution in [0.15, 0.2) is 53.8 Å². The Balaban J connectivity index is 1.66. The van der Waals surface area contributed by atoms with E-state index in [0.29, 0.717) is 12.0 Å². The second-order valence-corrected chi connectivity index (χ2v) is 6.45. The van der Waals surface area contributed by atoms with Gasteiger partial charge in [0.15, 0.2) is 0 Å². The van der Waals surface area contributed by atoms with Crippen LogP contribution < -0.4 is 5.32 Å². The van der Waals surface area contributed by atoms with E-state index >= 15 is 0 Å². The fraction of sp³-hybridized carbons (Fsp3) is 0.474. The maximum absolute atomic E-state index is 5.56. The maximum Gasteiger partial charge on any atom is 0.124 e. The molecule has 0 saturated carbocycles. The highest BCUT2D eigenvalue weighted by molar-refractivity contribution is 5.31. The number of piperazine rings is 1. The quantitative estimate of drug-likeness (QED) is 0.922. The summed E-state index contributed by atoms with van der Waals surface area (Å²) < 4.78 is 5.56. The van der Waals surface area contributed by atoms with E-state index in [2.05, 4.69) is 59.6 Å². The van der Waals surface area contributed by atoms with Crippen molar-refractivity contribution in [1.82, 2.24) is 4.90 Å². The van der Waals surface area contributed by atoms with Crippen molar-refractivity contribution in [3.63, 3.8) is 0 Å². The van der Waals surface area contributed by atoms with Crippen molar-refractivity contribution in [1.29, 1.82) is 0 Å². The van der Waals surface area contributed by atoms with Crippen molar-refractivity contribution in [3.8, 4) is 0 Å². The Kier molecular flexibility index (Phi) is 4.96. The number of ether oxygens (including phenoxy) is 1. The van der Waals surface area contributed by atoms with Gasteiger partial charge in [0.25, 0.3) is 0 Å². The molecule has 1 saturated heterocycles. The van der Waals surface area contributed by atoms with Gasteiger partial charge in [-0.3, -0.25) is 4.90 Å². The SMILES string of the molecule is COC1=CCC(C)C=C1CN1CC[NH2+]C(c2ccccc2)C1. The number of methoxy groups -OCH3 is 1. The predicted octanol–water partition coefficient (Wildman–Crippen LogP) is 2.10. The molecule has 2 atom stereocenters. The molecule has 1 aliphatic heterocycles. The van der Waals surface area contributed by atoms with Gasteiger partial charge in [-0.15, -0.1) is 0 Å². The minimum Gasteiger partial charge on any atom is -0.497 e. The molecule has 2 aliphatic rings. The summed E-state index contributed by atoms with van der Waals surface area (Å²) >= 11 is 0. The molecule has 1 aliphatic carbocycles. The Labute approximate surface area is 133 Å². The number of rotatable bonds is 4. The molecule has 1 fully saturated rings. The summed E-state index contributed by atoms with van der Waals surface area (Å²) in [5.74, 6) is 1.69. The van der Waals surface area contributed by atoms with Crippen molar-refractivity contribution in [2.24, 2.45) is 5.92 Å². The number of nitrogens with zero attached hydrogens (tertiary/aromatic N) is 1. The first-order chi connectivity index (χ1) is 10.8. The zero-order valence-corrected chi connectivity index (χ0v) is 13.7. The number of hydrogen-bond acceptors (Lipinski definition) is 2. The summed E-state index contributed by atoms with van der Waals surface area (Å²) in [5.41, 5.74) is 2.79. The highest BCUT2D eigenvalue weighted by atomic mass is 16.5. The van der Waals surface area contributed by atoms with Gasteiger partial charge in [0.05, 0.1) is 20.2 Å². The molecule has 1 aromatic rings. The van der Waals surface area contributed by atoms with E-state index in [9.17, 15) is 0 Å². The molecular formula is C19H27N2O+. The maximum atomic E-state index is 5.56. The van der Waals surface area contributed by atoms with Crippen LogP contribution in [-0.2, 0) is 4.74 Å². The Morgan fingerprint density at radius 3 is 2.86 bits per heavy atom. The lowest BCUT2D eigenvalue weighted by atomic mass is 9.95. The molecule has 0 amide bonds. The van der Waals surface area contributed by atoms with E-state index in [1.54, 1.807) is 7.11 Å². The Morgan fingerprint density at radius 2 is 2.09 bits per heavy atom. The van der Waals surface area contributed by atoms with Crippen molar-refractivity contribution in [3.05, 3.63) is 59.4 Å². The van der Waals surface area contributed by atoms with Gasteiger partial charge in [-0.2, -0.15) is 0 Å². The van der Waals surface area contributed by atoms with Gasteiger partial charge in [-0.05, 0) is 18.4 Å². The van der Waals surface area contributed by atoms with Crippen molar-refractivity contribution < 1.29 is 10.1 Å². The lowest BCUT2D eigenvalue weighted by molar-refractivity contribution is -0.704. The van der Waals surface area contributed by atoms with Gasteiger partial charge < -0.3 is 10.1 Å². The third-order valence-corrected chi connectivity index (χ3v) is 4.67. The molecule has 3 rings (SSSR count). The van der Waals surface area contributed by atoms with Gasteiger partial charge in [0, 0.05) is 24.2 Å². The smallest absolute Gasteiger partial charge is 0.124 e. The molecule has 1 aromatic carbocycles. The lowest BCUT2D eigenvalue weighted by Gasteiger charge is -2.32. The Bertz CT molecular complexity index is 550. The van der Waals surface area contributed by atoms with Gasteiger partial charge in [-0.25, -0.2) is 0 Å². The van der Waals surface area contributed by atoms with Crippen molar-refractivity contribution in [2.45, 2.75) is 19.4 Å². The first-order valence-electron chi connectivity index (χ1n) is 8.32. The fourth-order valence-electron chi connectivity index (χ4n) is 3.49. The lowest BCUT2D eigenvalue weighted by Crippen LogP contribution is -2.90. The molecule has 2 unspecified atom stereocenters. The highest BCUT2D eigenvalue weighted by Gasteiger charge is 2.26. The molecule has 0 radical (unpaired) electrons. The first-order valence-corrected chi connectivity index (χ1v) is 8.32.